The Labute approximate surface area is 44.7 Å². The lowest BCUT2D eigenvalue weighted by Gasteiger charge is -1.77. The summed E-state index contributed by atoms with van der Waals surface area (Å²) in [6, 6.07) is 0. The molecule has 1 saturated heterocycles. The maximum atomic E-state index is 5.15. The van der Waals surface area contributed by atoms with Crippen molar-refractivity contribution in [1.29, 1.82) is 0 Å². The predicted molar refractivity (Wildman–Crippen MR) is 28.9 cm³/mol. The van der Waals surface area contributed by atoms with Crippen LogP contribution in [0.4, 0.5) is 0 Å². The Hall–Kier alpha value is -0.0400. The molecule has 1 aliphatic rings. The van der Waals surface area contributed by atoms with Crippen molar-refractivity contribution >= 4 is 0 Å². The Balaban J connectivity index is 2.06. The van der Waals surface area contributed by atoms with Crippen LogP contribution in [0.1, 0.15) is 19.8 Å². The van der Waals surface area contributed by atoms with Crippen LogP contribution in [-0.4, -0.2) is 12.2 Å². The van der Waals surface area contributed by atoms with E-state index in [4.69, 9.17) is 4.74 Å². The van der Waals surface area contributed by atoms with Gasteiger partial charge in [-0.05, 0) is 12.8 Å². The molecule has 0 N–H and O–H groups in total. The molecule has 0 aromatic carbocycles. The number of hydrogen-bond acceptors (Lipinski definition) is 1. The Morgan fingerprint density at radius 2 is 2.29 bits per heavy atom. The van der Waals surface area contributed by atoms with Crippen molar-refractivity contribution < 1.29 is 4.74 Å². The second-order valence-electron chi connectivity index (χ2n) is 1.91. The highest BCUT2D eigenvalue weighted by Crippen LogP contribution is 2.26. The second kappa shape index (κ2) is 1.83. The maximum absolute atomic E-state index is 5.15. The van der Waals surface area contributed by atoms with E-state index in [9.17, 15) is 0 Å². The predicted octanol–water partition coefficient (Wildman–Crippen LogP) is 1.39. The van der Waals surface area contributed by atoms with Gasteiger partial charge in [-0.1, -0.05) is 13.8 Å². The summed E-state index contributed by atoms with van der Waals surface area (Å²) in [5.41, 5.74) is 0. The van der Waals surface area contributed by atoms with E-state index < -0.39 is 0 Å². The third-order valence-corrected chi connectivity index (χ3v) is 1.37. The fourth-order valence-corrected chi connectivity index (χ4v) is 0.792. The molecule has 2 atom stereocenters. The molecule has 1 nitrogen and oxygen atoms in total. The normalized spacial score (nSPS) is 38.6. The molecule has 2 unspecified atom stereocenters. The summed E-state index contributed by atoms with van der Waals surface area (Å²) in [4.78, 5) is 0. The molecule has 1 fully saturated rings. The zero-order chi connectivity index (χ0) is 5.28. The molecule has 0 saturated carbocycles. The molecule has 1 aliphatic heterocycles. The largest absolute Gasteiger partial charge is 0.370 e. The lowest BCUT2D eigenvalue weighted by atomic mass is 10.2. The van der Waals surface area contributed by atoms with Crippen LogP contribution in [0.2, 0.25) is 0 Å². The summed E-state index contributed by atoms with van der Waals surface area (Å²) in [6.45, 7) is 5.86. The van der Waals surface area contributed by atoms with Crippen molar-refractivity contribution in [2.75, 3.05) is 0 Å². The van der Waals surface area contributed by atoms with Crippen LogP contribution in [0, 0.1) is 6.92 Å². The monoisotopic (exact) mass is 99.1 g/mol. The topological polar surface area (TPSA) is 12.5 Å². The molecule has 1 heteroatoms. The van der Waals surface area contributed by atoms with E-state index in [1.807, 2.05) is 0 Å². The SMILES string of the molecule is [CH2]CC1OC1CC. The van der Waals surface area contributed by atoms with Gasteiger partial charge in [-0.15, -0.1) is 0 Å². The van der Waals surface area contributed by atoms with E-state index >= 15 is 0 Å². The van der Waals surface area contributed by atoms with Gasteiger partial charge in [-0.3, -0.25) is 0 Å². The van der Waals surface area contributed by atoms with E-state index in [0.29, 0.717) is 12.2 Å². The van der Waals surface area contributed by atoms with Crippen molar-refractivity contribution in [3.8, 4) is 0 Å². The van der Waals surface area contributed by atoms with Gasteiger partial charge in [0.15, 0.2) is 0 Å². The van der Waals surface area contributed by atoms with Crippen LogP contribution in [-0.2, 0) is 4.74 Å². The Morgan fingerprint density at radius 3 is 2.43 bits per heavy atom. The highest BCUT2D eigenvalue weighted by Gasteiger charge is 2.34. The van der Waals surface area contributed by atoms with Crippen molar-refractivity contribution in [3.63, 3.8) is 0 Å². The van der Waals surface area contributed by atoms with Gasteiger partial charge in [0.1, 0.15) is 0 Å². The fraction of sp³-hybridized carbons (Fsp3) is 0.833. The summed E-state index contributed by atoms with van der Waals surface area (Å²) >= 11 is 0. The van der Waals surface area contributed by atoms with E-state index in [1.54, 1.807) is 0 Å². The highest BCUT2D eigenvalue weighted by molar-refractivity contribution is 4.83. The number of ether oxygens (including phenoxy) is 1. The number of epoxide rings is 1. The molecule has 7 heavy (non-hydrogen) atoms. The molecule has 1 heterocycles. The van der Waals surface area contributed by atoms with Crippen LogP contribution in [0.5, 0.6) is 0 Å². The molecule has 0 amide bonds. The average Bonchev–Trinajstić information content (AvgIpc) is 2.43. The molecule has 0 aromatic heterocycles. The van der Waals surface area contributed by atoms with Gasteiger partial charge >= 0.3 is 0 Å². The average molecular weight is 99.2 g/mol. The van der Waals surface area contributed by atoms with Gasteiger partial charge in [-0.2, -0.15) is 0 Å². The van der Waals surface area contributed by atoms with Gasteiger partial charge in [-0.25, -0.2) is 0 Å². The standard InChI is InChI=1S/C6H11O/c1-3-5-6(4-2)7-5/h5-6H,1,3-4H2,2H3. The Morgan fingerprint density at radius 1 is 1.57 bits per heavy atom. The van der Waals surface area contributed by atoms with E-state index in [2.05, 4.69) is 13.8 Å². The Bertz CT molecular complexity index is 53.2. The first-order valence-electron chi connectivity index (χ1n) is 2.83. The van der Waals surface area contributed by atoms with Crippen LogP contribution in [0.15, 0.2) is 0 Å². The zero-order valence-corrected chi connectivity index (χ0v) is 4.68. The molecular formula is C6H11O. The lowest BCUT2D eigenvalue weighted by Crippen LogP contribution is -1.87. The van der Waals surface area contributed by atoms with Crippen LogP contribution in [0.25, 0.3) is 0 Å². The maximum Gasteiger partial charge on any atom is 0.0841 e. The van der Waals surface area contributed by atoms with E-state index in [0.717, 1.165) is 12.8 Å². The highest BCUT2D eigenvalue weighted by atomic mass is 16.6. The van der Waals surface area contributed by atoms with Crippen LogP contribution < -0.4 is 0 Å². The molecule has 41 valence electrons. The van der Waals surface area contributed by atoms with Crippen molar-refractivity contribution in [2.45, 2.75) is 32.0 Å². The minimum Gasteiger partial charge on any atom is -0.370 e. The first-order valence-corrected chi connectivity index (χ1v) is 2.83. The van der Waals surface area contributed by atoms with Gasteiger partial charge in [0.05, 0.1) is 12.2 Å². The summed E-state index contributed by atoms with van der Waals surface area (Å²) in [7, 11) is 0. The fourth-order valence-electron chi connectivity index (χ4n) is 0.792. The molecule has 1 rings (SSSR count). The molecule has 0 spiro atoms. The molecular weight excluding hydrogens is 88.1 g/mol. The minimum absolute atomic E-state index is 0.505. The molecule has 0 aliphatic carbocycles. The number of rotatable bonds is 2. The second-order valence-corrected chi connectivity index (χ2v) is 1.91. The summed E-state index contributed by atoms with van der Waals surface area (Å²) in [5.74, 6) is 0. The van der Waals surface area contributed by atoms with Crippen molar-refractivity contribution in [3.05, 3.63) is 6.92 Å². The number of hydrogen-bond donors (Lipinski definition) is 0. The quantitative estimate of drug-likeness (QED) is 0.476. The minimum atomic E-state index is 0.505. The van der Waals surface area contributed by atoms with Gasteiger partial charge < -0.3 is 4.74 Å². The van der Waals surface area contributed by atoms with Crippen LogP contribution >= 0.6 is 0 Å². The zero-order valence-electron chi connectivity index (χ0n) is 4.68. The molecule has 0 aromatic rings. The summed E-state index contributed by atoms with van der Waals surface area (Å²) < 4.78 is 5.15. The Kier molecular flexibility index (Phi) is 1.33. The van der Waals surface area contributed by atoms with E-state index in [1.165, 1.54) is 0 Å². The van der Waals surface area contributed by atoms with Crippen LogP contribution in [0.3, 0.4) is 0 Å². The van der Waals surface area contributed by atoms with Gasteiger partial charge in [0, 0.05) is 0 Å². The van der Waals surface area contributed by atoms with E-state index in [-0.39, 0.29) is 0 Å². The summed E-state index contributed by atoms with van der Waals surface area (Å²) in [5, 5.41) is 0. The van der Waals surface area contributed by atoms with Crippen molar-refractivity contribution in [1.82, 2.24) is 0 Å². The van der Waals surface area contributed by atoms with Gasteiger partial charge in [0.25, 0.3) is 0 Å². The lowest BCUT2D eigenvalue weighted by molar-refractivity contribution is 0.367. The molecule has 1 radical (unpaired) electrons. The third kappa shape index (κ3) is 0.942. The third-order valence-electron chi connectivity index (χ3n) is 1.37. The first-order chi connectivity index (χ1) is 3.38. The first kappa shape index (κ1) is 5.10. The smallest absolute Gasteiger partial charge is 0.0841 e. The summed E-state index contributed by atoms with van der Waals surface area (Å²) in [6.07, 6.45) is 3.15. The van der Waals surface area contributed by atoms with Crippen molar-refractivity contribution in [2.24, 2.45) is 0 Å². The molecule has 0 bridgehead atoms. The van der Waals surface area contributed by atoms with Gasteiger partial charge in [0.2, 0.25) is 0 Å².